The first-order chi connectivity index (χ1) is 11.5. The maximum absolute atomic E-state index is 13.0. The number of benzene rings is 2. The molecule has 2 aromatic carbocycles. The number of rotatable bonds is 4. The van der Waals surface area contributed by atoms with Crippen LogP contribution in [0.3, 0.4) is 0 Å². The summed E-state index contributed by atoms with van der Waals surface area (Å²) in [6.45, 7) is 1.77. The van der Waals surface area contributed by atoms with Crippen molar-refractivity contribution < 1.29 is 18.7 Å². The number of amides is 1. The first-order valence-electron chi connectivity index (χ1n) is 7.75. The predicted octanol–water partition coefficient (Wildman–Crippen LogP) is 3.66. The Morgan fingerprint density at radius 3 is 2.54 bits per heavy atom. The van der Waals surface area contributed by atoms with Crippen LogP contribution in [-0.2, 0) is 9.53 Å². The van der Waals surface area contributed by atoms with Crippen LogP contribution >= 0.6 is 0 Å². The monoisotopic (exact) mass is 327 g/mol. The maximum Gasteiger partial charge on any atom is 0.338 e. The Morgan fingerprint density at radius 1 is 1.17 bits per heavy atom. The molecular formula is C19H18FNO3. The number of esters is 1. The third-order valence-electron chi connectivity index (χ3n) is 4.42. The van der Waals surface area contributed by atoms with Crippen molar-refractivity contribution >= 4 is 17.6 Å². The van der Waals surface area contributed by atoms with Crippen molar-refractivity contribution in [1.29, 1.82) is 0 Å². The van der Waals surface area contributed by atoms with Crippen LogP contribution in [0, 0.1) is 18.7 Å². The second kappa shape index (κ2) is 6.43. The highest BCUT2D eigenvalue weighted by atomic mass is 19.1. The molecule has 1 aliphatic rings. The Morgan fingerprint density at radius 2 is 1.88 bits per heavy atom. The zero-order valence-electron chi connectivity index (χ0n) is 13.5. The minimum absolute atomic E-state index is 0.0885. The van der Waals surface area contributed by atoms with E-state index in [1.807, 2.05) is 0 Å². The van der Waals surface area contributed by atoms with Crippen LogP contribution in [0.1, 0.15) is 33.8 Å². The van der Waals surface area contributed by atoms with Crippen molar-refractivity contribution in [2.45, 2.75) is 19.3 Å². The summed E-state index contributed by atoms with van der Waals surface area (Å²) in [6, 6.07) is 11.4. The lowest BCUT2D eigenvalue weighted by Crippen LogP contribution is -2.16. The van der Waals surface area contributed by atoms with Gasteiger partial charge in [-0.2, -0.15) is 0 Å². The number of methoxy groups -OCH3 is 1. The van der Waals surface area contributed by atoms with Crippen molar-refractivity contribution in [1.82, 2.24) is 0 Å². The van der Waals surface area contributed by atoms with Gasteiger partial charge in [-0.3, -0.25) is 4.79 Å². The minimum Gasteiger partial charge on any atom is -0.465 e. The SMILES string of the molecule is COC(=O)c1cccc(NC(=O)C2CC2c2ccc(F)cc2)c1C. The highest BCUT2D eigenvalue weighted by molar-refractivity contribution is 5.98. The molecule has 2 aromatic rings. The van der Waals surface area contributed by atoms with Crippen LogP contribution in [0.4, 0.5) is 10.1 Å². The van der Waals surface area contributed by atoms with Crippen LogP contribution in [0.5, 0.6) is 0 Å². The van der Waals surface area contributed by atoms with E-state index in [1.165, 1.54) is 19.2 Å². The largest absolute Gasteiger partial charge is 0.465 e. The molecule has 1 fully saturated rings. The molecule has 24 heavy (non-hydrogen) atoms. The van der Waals surface area contributed by atoms with Crippen molar-refractivity contribution in [3.63, 3.8) is 0 Å². The summed E-state index contributed by atoms with van der Waals surface area (Å²) in [5.41, 5.74) is 2.68. The van der Waals surface area contributed by atoms with Gasteiger partial charge in [0.1, 0.15) is 5.82 Å². The lowest BCUT2D eigenvalue weighted by Gasteiger charge is -2.11. The van der Waals surface area contributed by atoms with E-state index >= 15 is 0 Å². The van der Waals surface area contributed by atoms with Gasteiger partial charge in [0, 0.05) is 11.6 Å². The van der Waals surface area contributed by atoms with Gasteiger partial charge in [0.15, 0.2) is 0 Å². The van der Waals surface area contributed by atoms with E-state index in [4.69, 9.17) is 4.74 Å². The fraction of sp³-hybridized carbons (Fsp3) is 0.263. The van der Waals surface area contributed by atoms with Gasteiger partial charge in [0.25, 0.3) is 0 Å². The number of ether oxygens (including phenoxy) is 1. The molecule has 1 saturated carbocycles. The number of hydrogen-bond donors (Lipinski definition) is 1. The van der Waals surface area contributed by atoms with E-state index in [1.54, 1.807) is 37.3 Å². The minimum atomic E-state index is -0.431. The molecule has 0 radical (unpaired) electrons. The van der Waals surface area contributed by atoms with Crippen molar-refractivity contribution in [2.75, 3.05) is 12.4 Å². The summed E-state index contributed by atoms with van der Waals surface area (Å²) >= 11 is 0. The van der Waals surface area contributed by atoms with E-state index in [2.05, 4.69) is 5.32 Å². The van der Waals surface area contributed by atoms with E-state index in [9.17, 15) is 14.0 Å². The zero-order valence-corrected chi connectivity index (χ0v) is 13.5. The quantitative estimate of drug-likeness (QED) is 0.872. The first-order valence-corrected chi connectivity index (χ1v) is 7.75. The number of carbonyl (C=O) groups is 2. The van der Waals surface area contributed by atoms with Gasteiger partial charge in [-0.05, 0) is 54.7 Å². The topological polar surface area (TPSA) is 55.4 Å². The Bertz CT molecular complexity index is 786. The first kappa shape index (κ1) is 16.2. The Hall–Kier alpha value is -2.69. The number of halogens is 1. The summed E-state index contributed by atoms with van der Waals surface area (Å²) in [5.74, 6) is -0.810. The molecule has 1 N–H and O–H groups in total. The fourth-order valence-corrected chi connectivity index (χ4v) is 2.89. The molecule has 0 saturated heterocycles. The molecule has 4 nitrogen and oxygen atoms in total. The van der Waals surface area contributed by atoms with Crippen LogP contribution in [-0.4, -0.2) is 19.0 Å². The summed E-state index contributed by atoms with van der Waals surface area (Å²) in [6.07, 6.45) is 0.743. The van der Waals surface area contributed by atoms with Crippen molar-refractivity contribution in [2.24, 2.45) is 5.92 Å². The van der Waals surface area contributed by atoms with Gasteiger partial charge in [0.05, 0.1) is 12.7 Å². The van der Waals surface area contributed by atoms with Crippen LogP contribution in [0.25, 0.3) is 0 Å². The molecular weight excluding hydrogens is 309 g/mol. The summed E-state index contributed by atoms with van der Waals surface area (Å²) < 4.78 is 17.7. The van der Waals surface area contributed by atoms with Gasteiger partial charge >= 0.3 is 5.97 Å². The molecule has 2 unspecified atom stereocenters. The van der Waals surface area contributed by atoms with Crippen LogP contribution in [0.2, 0.25) is 0 Å². The number of nitrogens with one attached hydrogen (secondary N) is 1. The third-order valence-corrected chi connectivity index (χ3v) is 4.42. The normalized spacial score (nSPS) is 18.8. The van der Waals surface area contributed by atoms with E-state index in [0.29, 0.717) is 16.8 Å². The summed E-state index contributed by atoms with van der Waals surface area (Å²) in [4.78, 5) is 24.1. The molecule has 3 rings (SSSR count). The van der Waals surface area contributed by atoms with Gasteiger partial charge in [-0.15, -0.1) is 0 Å². The third kappa shape index (κ3) is 3.15. The highest BCUT2D eigenvalue weighted by Gasteiger charge is 2.44. The molecule has 0 spiro atoms. The standard InChI is InChI=1S/C19H18FNO3/c1-11-14(19(23)24-2)4-3-5-17(11)21-18(22)16-10-15(16)12-6-8-13(20)9-7-12/h3-9,15-16H,10H2,1-2H3,(H,21,22). The molecule has 0 aromatic heterocycles. The van der Waals surface area contributed by atoms with Gasteiger partial charge in [-0.1, -0.05) is 18.2 Å². The predicted molar refractivity (Wildman–Crippen MR) is 88.4 cm³/mol. The van der Waals surface area contributed by atoms with Crippen molar-refractivity contribution in [3.8, 4) is 0 Å². The second-order valence-electron chi connectivity index (χ2n) is 5.96. The van der Waals surface area contributed by atoms with Gasteiger partial charge in [0.2, 0.25) is 5.91 Å². The van der Waals surface area contributed by atoms with Crippen LogP contribution in [0.15, 0.2) is 42.5 Å². The molecule has 0 aliphatic heterocycles. The molecule has 0 bridgehead atoms. The van der Waals surface area contributed by atoms with E-state index < -0.39 is 5.97 Å². The lowest BCUT2D eigenvalue weighted by atomic mass is 10.1. The summed E-state index contributed by atoms with van der Waals surface area (Å²) in [5, 5.41) is 2.88. The lowest BCUT2D eigenvalue weighted by molar-refractivity contribution is -0.117. The van der Waals surface area contributed by atoms with Gasteiger partial charge in [-0.25, -0.2) is 9.18 Å². The second-order valence-corrected chi connectivity index (χ2v) is 5.96. The van der Waals surface area contributed by atoms with Crippen LogP contribution < -0.4 is 5.32 Å². The maximum atomic E-state index is 13.0. The van der Waals surface area contributed by atoms with E-state index in [0.717, 1.165) is 12.0 Å². The number of carbonyl (C=O) groups excluding carboxylic acids is 2. The number of hydrogen-bond acceptors (Lipinski definition) is 3. The zero-order chi connectivity index (χ0) is 17.3. The molecule has 2 atom stereocenters. The molecule has 0 heterocycles. The number of anilines is 1. The molecule has 1 aliphatic carbocycles. The van der Waals surface area contributed by atoms with Crippen molar-refractivity contribution in [3.05, 3.63) is 65.0 Å². The Labute approximate surface area is 139 Å². The molecule has 5 heteroatoms. The fourth-order valence-electron chi connectivity index (χ4n) is 2.89. The summed E-state index contributed by atoms with van der Waals surface area (Å²) in [7, 11) is 1.32. The Balaban J connectivity index is 1.70. The van der Waals surface area contributed by atoms with Gasteiger partial charge < -0.3 is 10.1 Å². The highest BCUT2D eigenvalue weighted by Crippen LogP contribution is 2.48. The Kier molecular flexibility index (Phi) is 4.34. The average Bonchev–Trinajstić information content (AvgIpc) is 3.37. The van der Waals surface area contributed by atoms with E-state index in [-0.39, 0.29) is 23.6 Å². The smallest absolute Gasteiger partial charge is 0.338 e. The average molecular weight is 327 g/mol. The molecule has 1 amide bonds. The molecule has 124 valence electrons.